The first-order valence-corrected chi connectivity index (χ1v) is 6.92. The van der Waals surface area contributed by atoms with Crippen molar-refractivity contribution in [2.45, 2.75) is 51.9 Å². The van der Waals surface area contributed by atoms with E-state index in [1.165, 1.54) is 37.7 Å². The van der Waals surface area contributed by atoms with Crippen molar-refractivity contribution in [2.75, 3.05) is 0 Å². The third-order valence-corrected chi connectivity index (χ3v) is 2.95. The van der Waals surface area contributed by atoms with E-state index in [9.17, 15) is 4.79 Å². The highest BCUT2D eigenvalue weighted by molar-refractivity contribution is 5.78. The summed E-state index contributed by atoms with van der Waals surface area (Å²) in [4.78, 5) is 14.4. The summed E-state index contributed by atoms with van der Waals surface area (Å²) in [5, 5.41) is 0. The van der Waals surface area contributed by atoms with Crippen molar-refractivity contribution in [1.29, 1.82) is 0 Å². The van der Waals surface area contributed by atoms with Gasteiger partial charge in [-0.2, -0.15) is 0 Å². The lowest BCUT2D eigenvalue weighted by molar-refractivity contribution is -0.106. The van der Waals surface area contributed by atoms with Gasteiger partial charge in [-0.05, 0) is 30.5 Å². The van der Waals surface area contributed by atoms with Crippen LogP contribution in [0.25, 0.3) is 0 Å². The Balaban J connectivity index is 2.29. The number of aldehydes is 1. The van der Waals surface area contributed by atoms with E-state index in [4.69, 9.17) is 0 Å². The molecule has 0 heterocycles. The first kappa shape index (κ1) is 14.6. The molecule has 2 heteroatoms. The molecule has 0 radical (unpaired) electrons. The largest absolute Gasteiger partial charge is 0.303 e. The summed E-state index contributed by atoms with van der Waals surface area (Å²) >= 11 is 0. The van der Waals surface area contributed by atoms with Crippen molar-refractivity contribution in [1.82, 2.24) is 0 Å². The first-order chi connectivity index (χ1) is 8.86. The number of carbonyl (C=O) groups excluding carboxylic acids is 1. The van der Waals surface area contributed by atoms with Gasteiger partial charge in [-0.1, -0.05) is 44.7 Å². The summed E-state index contributed by atoms with van der Waals surface area (Å²) in [6.07, 6.45) is 10.6. The molecule has 1 aromatic rings. The van der Waals surface area contributed by atoms with Gasteiger partial charge in [0, 0.05) is 12.6 Å². The number of rotatable bonds is 9. The van der Waals surface area contributed by atoms with Crippen LogP contribution in [0.3, 0.4) is 0 Å². The lowest BCUT2D eigenvalue weighted by Gasteiger charge is -2.02. The number of hydrogen-bond donors (Lipinski definition) is 0. The van der Waals surface area contributed by atoms with Crippen LogP contribution in [0, 0.1) is 0 Å². The number of hydrogen-bond acceptors (Lipinski definition) is 2. The molecule has 0 aliphatic carbocycles. The predicted octanol–water partition coefficient (Wildman–Crippen LogP) is 4.49. The Morgan fingerprint density at radius 1 is 1.06 bits per heavy atom. The molecule has 1 aromatic carbocycles. The lowest BCUT2D eigenvalue weighted by Crippen LogP contribution is -1.85. The molecule has 0 fully saturated rings. The Morgan fingerprint density at radius 3 is 2.44 bits per heavy atom. The number of aliphatic imine (C=N–C) groups is 1. The molecule has 0 atom stereocenters. The molecule has 0 aliphatic rings. The van der Waals surface area contributed by atoms with Gasteiger partial charge in [0.2, 0.25) is 0 Å². The summed E-state index contributed by atoms with van der Waals surface area (Å²) in [6.45, 7) is 2.24. The van der Waals surface area contributed by atoms with Crippen LogP contribution in [0.4, 0.5) is 5.69 Å². The minimum atomic E-state index is 0.388. The van der Waals surface area contributed by atoms with Crippen LogP contribution in [0.2, 0.25) is 0 Å². The van der Waals surface area contributed by atoms with Gasteiger partial charge in [0.1, 0.15) is 6.29 Å². The van der Waals surface area contributed by atoms with Gasteiger partial charge in [-0.3, -0.25) is 4.99 Å². The zero-order valence-electron chi connectivity index (χ0n) is 11.3. The standard InChI is InChI=1S/C16H23NO/c1-2-3-4-5-6-8-15-9-11-16(12-10-15)17-13-7-14-18/h9-14H,2-8H2,1H3. The van der Waals surface area contributed by atoms with Crippen LogP contribution < -0.4 is 0 Å². The topological polar surface area (TPSA) is 29.4 Å². The highest BCUT2D eigenvalue weighted by Gasteiger charge is 1.94. The highest BCUT2D eigenvalue weighted by Crippen LogP contribution is 2.15. The molecule has 0 saturated heterocycles. The van der Waals surface area contributed by atoms with Gasteiger partial charge in [0.25, 0.3) is 0 Å². The van der Waals surface area contributed by atoms with E-state index < -0.39 is 0 Å². The Morgan fingerprint density at radius 2 is 1.78 bits per heavy atom. The van der Waals surface area contributed by atoms with Crippen LogP contribution in [0.5, 0.6) is 0 Å². The third kappa shape index (κ3) is 6.33. The Labute approximate surface area is 110 Å². The fourth-order valence-electron chi connectivity index (χ4n) is 1.88. The van der Waals surface area contributed by atoms with E-state index in [2.05, 4.69) is 24.0 Å². The van der Waals surface area contributed by atoms with Gasteiger partial charge >= 0.3 is 0 Å². The molecule has 1 rings (SSSR count). The van der Waals surface area contributed by atoms with Gasteiger partial charge in [-0.15, -0.1) is 0 Å². The van der Waals surface area contributed by atoms with Gasteiger partial charge in [-0.25, -0.2) is 0 Å². The van der Waals surface area contributed by atoms with E-state index in [1.54, 1.807) is 6.21 Å². The maximum atomic E-state index is 10.2. The second kappa shape index (κ2) is 9.58. The molecular formula is C16H23NO. The fourth-order valence-corrected chi connectivity index (χ4v) is 1.88. The monoisotopic (exact) mass is 245 g/mol. The Bertz CT molecular complexity index is 354. The zero-order chi connectivity index (χ0) is 13.1. The van der Waals surface area contributed by atoms with E-state index in [0.29, 0.717) is 6.42 Å². The average molecular weight is 245 g/mol. The smallest absolute Gasteiger partial charge is 0.125 e. The summed E-state index contributed by atoms with van der Waals surface area (Å²) < 4.78 is 0. The Hall–Kier alpha value is -1.44. The summed E-state index contributed by atoms with van der Waals surface area (Å²) in [6, 6.07) is 8.30. The number of unbranched alkanes of at least 4 members (excludes halogenated alkanes) is 4. The van der Waals surface area contributed by atoms with Crippen molar-refractivity contribution in [3.05, 3.63) is 29.8 Å². The molecule has 0 amide bonds. The average Bonchev–Trinajstić information content (AvgIpc) is 2.40. The van der Waals surface area contributed by atoms with Crippen LogP contribution >= 0.6 is 0 Å². The highest BCUT2D eigenvalue weighted by atomic mass is 16.1. The van der Waals surface area contributed by atoms with E-state index in [-0.39, 0.29) is 0 Å². The zero-order valence-corrected chi connectivity index (χ0v) is 11.3. The van der Waals surface area contributed by atoms with Crippen molar-refractivity contribution in [3.63, 3.8) is 0 Å². The molecule has 0 N–H and O–H groups in total. The van der Waals surface area contributed by atoms with Gasteiger partial charge in [0.15, 0.2) is 0 Å². The SMILES string of the molecule is CCCCCCCc1ccc(N=CCC=O)cc1. The molecular weight excluding hydrogens is 222 g/mol. The summed E-state index contributed by atoms with van der Waals surface area (Å²) in [7, 11) is 0. The molecule has 0 spiro atoms. The van der Waals surface area contributed by atoms with Gasteiger partial charge < -0.3 is 4.79 Å². The van der Waals surface area contributed by atoms with Gasteiger partial charge in [0.05, 0.1) is 5.69 Å². The molecule has 98 valence electrons. The van der Waals surface area contributed by atoms with E-state index in [0.717, 1.165) is 18.4 Å². The van der Waals surface area contributed by atoms with E-state index >= 15 is 0 Å². The van der Waals surface area contributed by atoms with Crippen molar-refractivity contribution < 1.29 is 4.79 Å². The van der Waals surface area contributed by atoms with Crippen molar-refractivity contribution in [2.24, 2.45) is 4.99 Å². The quantitative estimate of drug-likeness (QED) is 0.358. The summed E-state index contributed by atoms with van der Waals surface area (Å²) in [5.74, 6) is 0. The maximum Gasteiger partial charge on any atom is 0.125 e. The lowest BCUT2D eigenvalue weighted by atomic mass is 10.1. The van der Waals surface area contributed by atoms with Crippen LogP contribution in [-0.2, 0) is 11.2 Å². The molecule has 0 aliphatic heterocycles. The van der Waals surface area contributed by atoms with Crippen LogP contribution in [0.15, 0.2) is 29.3 Å². The third-order valence-electron chi connectivity index (χ3n) is 2.95. The number of benzene rings is 1. The summed E-state index contributed by atoms with van der Waals surface area (Å²) in [5.41, 5.74) is 2.30. The normalized spacial score (nSPS) is 10.9. The first-order valence-electron chi connectivity index (χ1n) is 6.92. The fraction of sp³-hybridized carbons (Fsp3) is 0.500. The van der Waals surface area contributed by atoms with E-state index in [1.807, 2.05) is 12.1 Å². The minimum absolute atomic E-state index is 0.388. The van der Waals surface area contributed by atoms with Crippen LogP contribution in [-0.4, -0.2) is 12.5 Å². The molecule has 2 nitrogen and oxygen atoms in total. The Kier molecular flexibility index (Phi) is 7.78. The molecule has 0 aromatic heterocycles. The second-order valence-corrected chi connectivity index (χ2v) is 4.54. The van der Waals surface area contributed by atoms with Crippen molar-refractivity contribution >= 4 is 18.2 Å². The predicted molar refractivity (Wildman–Crippen MR) is 77.7 cm³/mol. The molecule has 0 unspecified atom stereocenters. The number of carbonyl (C=O) groups is 1. The number of aryl methyl sites for hydroxylation is 1. The molecule has 0 saturated carbocycles. The second-order valence-electron chi connectivity index (χ2n) is 4.54. The van der Waals surface area contributed by atoms with Crippen molar-refractivity contribution in [3.8, 4) is 0 Å². The molecule has 0 bridgehead atoms. The minimum Gasteiger partial charge on any atom is -0.303 e. The maximum absolute atomic E-state index is 10.2. The molecule has 18 heavy (non-hydrogen) atoms. The van der Waals surface area contributed by atoms with Crippen LogP contribution in [0.1, 0.15) is 51.0 Å². The number of nitrogens with zero attached hydrogens (tertiary/aromatic N) is 1.